The first-order valence-corrected chi connectivity index (χ1v) is 6.68. The Bertz CT molecular complexity index is 441. The van der Waals surface area contributed by atoms with Gasteiger partial charge in [-0.05, 0) is 48.9 Å². The second kappa shape index (κ2) is 7.02. The molecule has 0 heterocycles. The van der Waals surface area contributed by atoms with Gasteiger partial charge in [-0.1, -0.05) is 19.9 Å². The van der Waals surface area contributed by atoms with Crippen LogP contribution in [-0.2, 0) is 11.2 Å². The van der Waals surface area contributed by atoms with Crippen molar-refractivity contribution in [3.8, 4) is 5.75 Å². The summed E-state index contributed by atoms with van der Waals surface area (Å²) in [7, 11) is 0. The van der Waals surface area contributed by atoms with E-state index in [1.165, 1.54) is 0 Å². The Morgan fingerprint density at radius 3 is 2.68 bits per heavy atom. The van der Waals surface area contributed by atoms with Crippen LogP contribution in [0.1, 0.15) is 43.4 Å². The lowest BCUT2D eigenvalue weighted by molar-refractivity contribution is 0.152. The molecule has 0 aromatic heterocycles. The van der Waals surface area contributed by atoms with Crippen molar-refractivity contribution in [3.05, 3.63) is 28.8 Å². The second-order valence-electron chi connectivity index (χ2n) is 4.89. The van der Waals surface area contributed by atoms with Crippen molar-refractivity contribution >= 4 is 6.09 Å². The molecule has 0 aliphatic carbocycles. The Labute approximate surface area is 114 Å². The van der Waals surface area contributed by atoms with E-state index in [-0.39, 0.29) is 12.0 Å². The van der Waals surface area contributed by atoms with Crippen LogP contribution >= 0.6 is 0 Å². The monoisotopic (exact) mass is 265 g/mol. The fourth-order valence-corrected chi connectivity index (χ4v) is 1.97. The Balaban J connectivity index is 2.68. The smallest absolute Gasteiger partial charge is 0.407 e. The summed E-state index contributed by atoms with van der Waals surface area (Å²) in [6.45, 7) is 8.74. The molecule has 0 bridgehead atoms. The number of nitrogens with one attached hydrogen (secondary N) is 1. The van der Waals surface area contributed by atoms with Crippen LogP contribution in [0.5, 0.6) is 5.75 Å². The van der Waals surface area contributed by atoms with Crippen molar-refractivity contribution in [2.45, 2.75) is 40.0 Å². The molecule has 0 radical (unpaired) electrons. The fourth-order valence-electron chi connectivity index (χ4n) is 1.97. The predicted molar refractivity (Wildman–Crippen MR) is 75.7 cm³/mol. The van der Waals surface area contributed by atoms with Gasteiger partial charge in [0.1, 0.15) is 5.75 Å². The standard InChI is InChI=1S/C15H23NO3/c1-5-19-15(18)16-7-6-12-9-13(10(2)3)14(17)8-11(12)4/h8-10,17H,5-7H2,1-4H3,(H,16,18). The van der Waals surface area contributed by atoms with Crippen molar-refractivity contribution in [1.29, 1.82) is 0 Å². The lowest BCUT2D eigenvalue weighted by Gasteiger charge is -2.14. The number of alkyl carbamates (subject to hydrolysis) is 1. The van der Waals surface area contributed by atoms with E-state index < -0.39 is 0 Å². The van der Waals surface area contributed by atoms with E-state index in [1.54, 1.807) is 13.0 Å². The first-order chi connectivity index (χ1) is 8.95. The van der Waals surface area contributed by atoms with E-state index in [0.717, 1.165) is 23.1 Å². The van der Waals surface area contributed by atoms with Gasteiger partial charge in [-0.15, -0.1) is 0 Å². The summed E-state index contributed by atoms with van der Waals surface area (Å²) in [5.74, 6) is 0.618. The Morgan fingerprint density at radius 1 is 1.42 bits per heavy atom. The number of ether oxygens (including phenoxy) is 1. The van der Waals surface area contributed by atoms with Crippen LogP contribution in [0.2, 0.25) is 0 Å². The third-order valence-corrected chi connectivity index (χ3v) is 3.05. The zero-order valence-electron chi connectivity index (χ0n) is 12.1. The largest absolute Gasteiger partial charge is 0.508 e. The number of aromatic hydroxyl groups is 1. The van der Waals surface area contributed by atoms with E-state index >= 15 is 0 Å². The zero-order valence-corrected chi connectivity index (χ0v) is 12.1. The molecule has 0 saturated carbocycles. The molecule has 0 fully saturated rings. The number of hydrogen-bond donors (Lipinski definition) is 2. The van der Waals surface area contributed by atoms with Gasteiger partial charge in [-0.3, -0.25) is 0 Å². The van der Waals surface area contributed by atoms with Gasteiger partial charge < -0.3 is 15.2 Å². The Kier molecular flexibility index (Phi) is 5.67. The molecule has 0 atom stereocenters. The minimum Gasteiger partial charge on any atom is -0.508 e. The van der Waals surface area contributed by atoms with Crippen LogP contribution in [0, 0.1) is 6.92 Å². The number of phenolic OH excluding ortho intramolecular Hbond substituents is 1. The third-order valence-electron chi connectivity index (χ3n) is 3.05. The van der Waals surface area contributed by atoms with Crippen LogP contribution in [0.4, 0.5) is 4.79 Å². The molecule has 1 aromatic carbocycles. The van der Waals surface area contributed by atoms with Gasteiger partial charge in [-0.2, -0.15) is 0 Å². The van der Waals surface area contributed by atoms with Crippen LogP contribution < -0.4 is 5.32 Å². The zero-order chi connectivity index (χ0) is 14.4. The molecule has 4 heteroatoms. The SMILES string of the molecule is CCOC(=O)NCCc1cc(C(C)C)c(O)cc1C. The van der Waals surface area contributed by atoms with E-state index in [4.69, 9.17) is 4.74 Å². The van der Waals surface area contributed by atoms with Crippen LogP contribution in [0.15, 0.2) is 12.1 Å². The summed E-state index contributed by atoms with van der Waals surface area (Å²) in [6, 6.07) is 3.80. The lowest BCUT2D eigenvalue weighted by atomic mass is 9.95. The van der Waals surface area contributed by atoms with Crippen molar-refractivity contribution in [3.63, 3.8) is 0 Å². The molecule has 0 aliphatic rings. The summed E-state index contributed by atoms with van der Waals surface area (Å²) in [6.07, 6.45) is 0.341. The molecule has 4 nitrogen and oxygen atoms in total. The number of rotatable bonds is 5. The van der Waals surface area contributed by atoms with Crippen LogP contribution in [-0.4, -0.2) is 24.4 Å². The number of hydrogen-bond acceptors (Lipinski definition) is 3. The molecule has 0 spiro atoms. The van der Waals surface area contributed by atoms with E-state index in [1.807, 2.05) is 26.8 Å². The first kappa shape index (κ1) is 15.3. The van der Waals surface area contributed by atoms with Gasteiger partial charge in [0.05, 0.1) is 6.61 Å². The molecular weight excluding hydrogens is 242 g/mol. The van der Waals surface area contributed by atoms with E-state index in [9.17, 15) is 9.90 Å². The van der Waals surface area contributed by atoms with Crippen LogP contribution in [0.25, 0.3) is 0 Å². The quantitative estimate of drug-likeness (QED) is 0.860. The number of aryl methyl sites for hydroxylation is 1. The first-order valence-electron chi connectivity index (χ1n) is 6.68. The van der Waals surface area contributed by atoms with Crippen molar-refractivity contribution in [2.75, 3.05) is 13.2 Å². The molecule has 1 amide bonds. The van der Waals surface area contributed by atoms with Gasteiger partial charge in [0.2, 0.25) is 0 Å². The van der Waals surface area contributed by atoms with Gasteiger partial charge in [-0.25, -0.2) is 4.79 Å². The molecular formula is C15H23NO3. The van der Waals surface area contributed by atoms with Crippen molar-refractivity contribution in [2.24, 2.45) is 0 Å². The summed E-state index contributed by atoms with van der Waals surface area (Å²) < 4.78 is 4.80. The van der Waals surface area contributed by atoms with Crippen molar-refractivity contribution < 1.29 is 14.6 Å². The van der Waals surface area contributed by atoms with E-state index in [2.05, 4.69) is 5.32 Å². The normalized spacial score (nSPS) is 10.6. The lowest BCUT2D eigenvalue weighted by Crippen LogP contribution is -2.26. The molecule has 0 unspecified atom stereocenters. The number of phenols is 1. The second-order valence-corrected chi connectivity index (χ2v) is 4.89. The van der Waals surface area contributed by atoms with Crippen LogP contribution in [0.3, 0.4) is 0 Å². The molecule has 0 aliphatic heterocycles. The maximum Gasteiger partial charge on any atom is 0.407 e. The number of carbonyl (C=O) groups excluding carboxylic acids is 1. The minimum absolute atomic E-state index is 0.275. The van der Waals surface area contributed by atoms with Gasteiger partial charge in [0, 0.05) is 6.54 Å². The number of carbonyl (C=O) groups is 1. The highest BCUT2D eigenvalue weighted by Gasteiger charge is 2.10. The molecule has 106 valence electrons. The summed E-state index contributed by atoms with van der Waals surface area (Å²) in [5.41, 5.74) is 3.11. The summed E-state index contributed by atoms with van der Waals surface area (Å²) >= 11 is 0. The summed E-state index contributed by atoms with van der Waals surface area (Å²) in [4.78, 5) is 11.2. The third kappa shape index (κ3) is 4.47. The topological polar surface area (TPSA) is 58.6 Å². The highest BCUT2D eigenvalue weighted by atomic mass is 16.5. The van der Waals surface area contributed by atoms with Gasteiger partial charge in [0.25, 0.3) is 0 Å². The molecule has 19 heavy (non-hydrogen) atoms. The average Bonchev–Trinajstić information content (AvgIpc) is 2.31. The van der Waals surface area contributed by atoms with Crippen molar-refractivity contribution in [1.82, 2.24) is 5.32 Å². The average molecular weight is 265 g/mol. The number of amides is 1. The fraction of sp³-hybridized carbons (Fsp3) is 0.533. The molecule has 1 rings (SSSR count). The maximum atomic E-state index is 11.2. The molecule has 0 saturated heterocycles. The highest BCUT2D eigenvalue weighted by molar-refractivity contribution is 5.67. The Morgan fingerprint density at radius 2 is 2.11 bits per heavy atom. The minimum atomic E-state index is -0.386. The van der Waals surface area contributed by atoms with E-state index in [0.29, 0.717) is 18.9 Å². The maximum absolute atomic E-state index is 11.2. The summed E-state index contributed by atoms with van der Waals surface area (Å²) in [5, 5.41) is 12.6. The Hall–Kier alpha value is -1.71. The highest BCUT2D eigenvalue weighted by Crippen LogP contribution is 2.28. The van der Waals surface area contributed by atoms with Gasteiger partial charge >= 0.3 is 6.09 Å². The van der Waals surface area contributed by atoms with Gasteiger partial charge in [0.15, 0.2) is 0 Å². The number of benzene rings is 1. The molecule has 1 aromatic rings. The molecule has 2 N–H and O–H groups in total. The predicted octanol–water partition coefficient (Wildman–Crippen LogP) is 3.11.